The van der Waals surface area contributed by atoms with Crippen molar-refractivity contribution in [3.8, 4) is 0 Å². The first-order valence-electron chi connectivity index (χ1n) is 1.70. The van der Waals surface area contributed by atoms with Crippen LogP contribution in [0.4, 0.5) is 0 Å². The van der Waals surface area contributed by atoms with Gasteiger partial charge in [-0.3, -0.25) is 0 Å². The van der Waals surface area contributed by atoms with Crippen molar-refractivity contribution in [3.05, 3.63) is 0 Å². The van der Waals surface area contributed by atoms with E-state index in [9.17, 15) is 0 Å². The fraction of sp³-hybridized carbons (Fsp3) is 1.00. The average molecular weight is 156 g/mol. The molecule has 0 saturated carbocycles. The van der Waals surface area contributed by atoms with E-state index >= 15 is 0 Å². The topological polar surface area (TPSA) is 46.2 Å². The molecule has 0 amide bonds. The lowest BCUT2D eigenvalue weighted by atomic mass is 10.8. The molecule has 0 rings (SSSR count). The third-order valence-electron chi connectivity index (χ3n) is 0. The minimum absolute atomic E-state index is 0.0625. The van der Waals surface area contributed by atoms with E-state index < -0.39 is 0 Å². The van der Waals surface area contributed by atoms with E-state index in [1.54, 1.807) is 0 Å². The molecular weight excluding hydrogens is 146 g/mol. The van der Waals surface area contributed by atoms with Crippen molar-refractivity contribution in [2.45, 2.75) is 6.92 Å². The van der Waals surface area contributed by atoms with Crippen LogP contribution >= 0.6 is 15.9 Å². The minimum Gasteiger partial charge on any atom is -0.385 e. The Morgan fingerprint density at radius 3 is 1.83 bits per heavy atom. The molecule has 0 aromatic carbocycles. The Bertz CT molecular complexity index is 12.8. The quantitative estimate of drug-likeness (QED) is 0.495. The van der Waals surface area contributed by atoms with Gasteiger partial charge in [-0.2, -0.15) is 0 Å². The monoisotopic (exact) mass is 155 g/mol. The van der Waals surface area contributed by atoms with E-state index in [2.05, 4.69) is 15.9 Å². The molecule has 2 nitrogen and oxygen atoms in total. The predicted molar refractivity (Wildman–Crippen MR) is 30.7 cm³/mol. The first-order valence-corrected chi connectivity index (χ1v) is 2.82. The largest absolute Gasteiger partial charge is 0.385 e. The average Bonchev–Trinajstić information content (AvgIpc) is 1.39. The van der Waals surface area contributed by atoms with Gasteiger partial charge in [0.1, 0.15) is 0 Å². The van der Waals surface area contributed by atoms with E-state index in [4.69, 9.17) is 10.8 Å². The number of hydrogen-bond acceptors (Lipinski definition) is 2. The standard InChI is InChI=1S/C2H7N.CH3BrO/c1-2-3;2-1-3/h2-3H2,1H3;3H,1H2. The van der Waals surface area contributed by atoms with E-state index in [1.165, 1.54) is 0 Å². The first-order chi connectivity index (χ1) is 2.83. The number of aliphatic hydroxyl groups is 1. The zero-order valence-corrected chi connectivity index (χ0v) is 5.40. The van der Waals surface area contributed by atoms with Gasteiger partial charge in [-0.25, -0.2) is 0 Å². The minimum atomic E-state index is 0.0625. The highest BCUT2D eigenvalue weighted by atomic mass is 79.9. The number of alkyl halides is 1. The van der Waals surface area contributed by atoms with Crippen molar-refractivity contribution in [1.82, 2.24) is 0 Å². The van der Waals surface area contributed by atoms with Crippen molar-refractivity contribution in [2.75, 3.05) is 12.1 Å². The molecule has 0 heterocycles. The van der Waals surface area contributed by atoms with Gasteiger partial charge in [-0.05, 0) is 6.54 Å². The second kappa shape index (κ2) is 18.2. The Kier molecular flexibility index (Phi) is 29.2. The molecule has 0 bridgehead atoms. The molecular formula is C3H10BrNO. The summed E-state index contributed by atoms with van der Waals surface area (Å²) in [5.41, 5.74) is 4.91. The fourth-order valence-corrected chi connectivity index (χ4v) is 0. The maximum Gasteiger partial charge on any atom is 0.0980 e. The molecule has 0 aromatic rings. The maximum absolute atomic E-state index is 7.49. The van der Waals surface area contributed by atoms with Crippen molar-refractivity contribution in [1.29, 1.82) is 0 Å². The Balaban J connectivity index is 0. The van der Waals surface area contributed by atoms with Crippen LogP contribution < -0.4 is 5.73 Å². The van der Waals surface area contributed by atoms with Crippen LogP contribution in [0.5, 0.6) is 0 Å². The zero-order valence-electron chi connectivity index (χ0n) is 3.82. The summed E-state index contributed by atoms with van der Waals surface area (Å²) in [5, 5.41) is 7.49. The van der Waals surface area contributed by atoms with Crippen LogP contribution in [0.3, 0.4) is 0 Å². The van der Waals surface area contributed by atoms with Crippen molar-refractivity contribution < 1.29 is 5.11 Å². The summed E-state index contributed by atoms with van der Waals surface area (Å²) in [6, 6.07) is 0. The van der Waals surface area contributed by atoms with E-state index in [0.717, 1.165) is 6.54 Å². The van der Waals surface area contributed by atoms with Crippen LogP contribution in [0.2, 0.25) is 0 Å². The van der Waals surface area contributed by atoms with Crippen molar-refractivity contribution in [3.63, 3.8) is 0 Å². The van der Waals surface area contributed by atoms with Crippen LogP contribution in [0.1, 0.15) is 6.92 Å². The molecule has 0 aromatic heterocycles. The molecule has 0 saturated heterocycles. The molecule has 3 heteroatoms. The van der Waals surface area contributed by atoms with E-state index in [0.29, 0.717) is 0 Å². The summed E-state index contributed by atoms with van der Waals surface area (Å²) in [4.78, 5) is 0. The SMILES string of the molecule is CCN.OCBr. The Labute approximate surface area is 46.5 Å². The van der Waals surface area contributed by atoms with Crippen LogP contribution in [-0.4, -0.2) is 17.2 Å². The highest BCUT2D eigenvalue weighted by Gasteiger charge is 1.37. The van der Waals surface area contributed by atoms with Gasteiger partial charge in [0.05, 0.1) is 5.52 Å². The predicted octanol–water partition coefficient (Wildman–Crippen LogP) is 0.296. The maximum atomic E-state index is 7.49. The summed E-state index contributed by atoms with van der Waals surface area (Å²) >= 11 is 2.70. The van der Waals surface area contributed by atoms with Crippen LogP contribution in [0, 0.1) is 0 Å². The van der Waals surface area contributed by atoms with Crippen molar-refractivity contribution in [2.24, 2.45) is 5.73 Å². The van der Waals surface area contributed by atoms with Gasteiger partial charge >= 0.3 is 0 Å². The summed E-state index contributed by atoms with van der Waals surface area (Å²) in [6.45, 7) is 2.65. The highest BCUT2D eigenvalue weighted by molar-refractivity contribution is 9.09. The summed E-state index contributed by atoms with van der Waals surface area (Å²) in [7, 11) is 0. The van der Waals surface area contributed by atoms with Crippen molar-refractivity contribution >= 4 is 15.9 Å². The normalized spacial score (nSPS) is 6.00. The molecule has 0 spiro atoms. The smallest absolute Gasteiger partial charge is 0.0980 e. The van der Waals surface area contributed by atoms with Gasteiger partial charge in [-0.1, -0.05) is 22.9 Å². The molecule has 6 heavy (non-hydrogen) atoms. The molecule has 40 valence electrons. The molecule has 0 aliphatic rings. The Hall–Kier alpha value is 0.400. The second-order valence-corrected chi connectivity index (χ2v) is 1.03. The number of nitrogens with two attached hydrogens (primary N) is 1. The lowest BCUT2D eigenvalue weighted by Gasteiger charge is -1.53. The van der Waals surface area contributed by atoms with E-state index in [-0.39, 0.29) is 5.52 Å². The summed E-state index contributed by atoms with van der Waals surface area (Å²) < 4.78 is 0. The van der Waals surface area contributed by atoms with Gasteiger partial charge in [0.25, 0.3) is 0 Å². The third-order valence-corrected chi connectivity index (χ3v) is 0. The van der Waals surface area contributed by atoms with Gasteiger partial charge in [-0.15, -0.1) is 0 Å². The molecule has 3 N–H and O–H groups in total. The Morgan fingerprint density at radius 2 is 1.83 bits per heavy atom. The van der Waals surface area contributed by atoms with Gasteiger partial charge in [0, 0.05) is 0 Å². The Morgan fingerprint density at radius 1 is 1.83 bits per heavy atom. The number of halogens is 1. The molecule has 0 aliphatic heterocycles. The molecule has 0 radical (unpaired) electrons. The van der Waals surface area contributed by atoms with Gasteiger partial charge in [0.2, 0.25) is 0 Å². The molecule has 0 unspecified atom stereocenters. The van der Waals surface area contributed by atoms with Gasteiger partial charge in [0.15, 0.2) is 0 Å². The third kappa shape index (κ3) is 318. The zero-order chi connectivity index (χ0) is 5.41. The van der Waals surface area contributed by atoms with Crippen LogP contribution in [-0.2, 0) is 0 Å². The van der Waals surface area contributed by atoms with Gasteiger partial charge < -0.3 is 10.8 Å². The molecule has 0 aliphatic carbocycles. The van der Waals surface area contributed by atoms with Crippen LogP contribution in [0.15, 0.2) is 0 Å². The second-order valence-electron chi connectivity index (χ2n) is 0.528. The van der Waals surface area contributed by atoms with E-state index in [1.807, 2.05) is 6.92 Å². The number of hydrogen-bond donors (Lipinski definition) is 2. The summed E-state index contributed by atoms with van der Waals surface area (Å²) in [6.07, 6.45) is 0. The fourth-order valence-electron chi connectivity index (χ4n) is 0. The van der Waals surface area contributed by atoms with Crippen LogP contribution in [0.25, 0.3) is 0 Å². The lowest BCUT2D eigenvalue weighted by molar-refractivity contribution is 0.381. The molecule has 0 atom stereocenters. The first kappa shape index (κ1) is 9.64. The number of rotatable bonds is 0. The summed E-state index contributed by atoms with van der Waals surface area (Å²) in [5.74, 6) is 0. The highest BCUT2D eigenvalue weighted by Crippen LogP contribution is 1.62. The lowest BCUT2D eigenvalue weighted by Crippen LogP contribution is -1.87. The number of aliphatic hydroxyl groups excluding tert-OH is 1. The molecule has 0 fully saturated rings.